The van der Waals surface area contributed by atoms with Crippen LogP contribution in [0.2, 0.25) is 0 Å². The predicted octanol–water partition coefficient (Wildman–Crippen LogP) is 3.10. The molecule has 0 saturated heterocycles. The number of aromatic nitrogens is 2. The van der Waals surface area contributed by atoms with Gasteiger partial charge in [0.05, 0.1) is 6.33 Å². The van der Waals surface area contributed by atoms with Crippen LogP contribution in [0, 0.1) is 10.8 Å². The van der Waals surface area contributed by atoms with E-state index in [1.807, 2.05) is 6.20 Å². The van der Waals surface area contributed by atoms with Crippen molar-refractivity contribution in [3.05, 3.63) is 18.2 Å². The summed E-state index contributed by atoms with van der Waals surface area (Å²) < 4.78 is 0. The second-order valence-electron chi connectivity index (χ2n) is 7.07. The van der Waals surface area contributed by atoms with Gasteiger partial charge in [-0.3, -0.25) is 0 Å². The van der Waals surface area contributed by atoms with Crippen molar-refractivity contribution < 1.29 is 0 Å². The molecule has 0 atom stereocenters. The highest BCUT2D eigenvalue weighted by molar-refractivity contribution is 4.96. The Balaban J connectivity index is 1.92. The lowest BCUT2D eigenvalue weighted by atomic mass is 9.63. The molecule has 1 fully saturated rings. The molecule has 1 aromatic heterocycles. The van der Waals surface area contributed by atoms with Crippen molar-refractivity contribution >= 4 is 0 Å². The van der Waals surface area contributed by atoms with Gasteiger partial charge in [-0.25, -0.2) is 4.98 Å². The number of imidazole rings is 1. The van der Waals surface area contributed by atoms with Crippen molar-refractivity contribution in [3.63, 3.8) is 0 Å². The Labute approximate surface area is 104 Å². The van der Waals surface area contributed by atoms with Gasteiger partial charge in [0.15, 0.2) is 0 Å². The fourth-order valence-corrected chi connectivity index (χ4v) is 3.63. The molecule has 0 amide bonds. The molecule has 0 aliphatic heterocycles. The number of hydrogen-bond acceptors (Lipinski definition) is 2. The summed E-state index contributed by atoms with van der Waals surface area (Å²) in [4.78, 5) is 7.19. The standard InChI is InChI=1S/C14H25N3/c1-13(2)5-11(6-14(3,4)9-13)16-8-12-7-15-10-17-12/h7,10-11,16H,5-6,8-9H2,1-4H3,(H,15,17). The van der Waals surface area contributed by atoms with Crippen molar-refractivity contribution in [1.82, 2.24) is 15.3 Å². The molecule has 0 unspecified atom stereocenters. The molecule has 17 heavy (non-hydrogen) atoms. The van der Waals surface area contributed by atoms with Gasteiger partial charge in [0.25, 0.3) is 0 Å². The summed E-state index contributed by atoms with van der Waals surface area (Å²) in [6.07, 6.45) is 7.50. The highest BCUT2D eigenvalue weighted by atomic mass is 15.0. The van der Waals surface area contributed by atoms with Crippen molar-refractivity contribution in [1.29, 1.82) is 0 Å². The molecule has 1 heterocycles. The Morgan fingerprint density at radius 1 is 1.29 bits per heavy atom. The van der Waals surface area contributed by atoms with Gasteiger partial charge in [-0.1, -0.05) is 27.7 Å². The molecule has 3 nitrogen and oxygen atoms in total. The van der Waals surface area contributed by atoms with Gasteiger partial charge >= 0.3 is 0 Å². The van der Waals surface area contributed by atoms with Crippen molar-refractivity contribution in [2.24, 2.45) is 10.8 Å². The van der Waals surface area contributed by atoms with Crippen molar-refractivity contribution in [3.8, 4) is 0 Å². The van der Waals surface area contributed by atoms with E-state index in [1.54, 1.807) is 6.33 Å². The predicted molar refractivity (Wildman–Crippen MR) is 70.6 cm³/mol. The molecule has 0 radical (unpaired) electrons. The van der Waals surface area contributed by atoms with Crippen molar-refractivity contribution in [2.75, 3.05) is 0 Å². The van der Waals surface area contributed by atoms with Gasteiger partial charge in [0, 0.05) is 24.5 Å². The normalized spacial score (nSPS) is 23.8. The minimum atomic E-state index is 0.452. The lowest BCUT2D eigenvalue weighted by Gasteiger charge is -2.45. The third-order valence-electron chi connectivity index (χ3n) is 3.69. The number of H-pyrrole nitrogens is 1. The van der Waals surface area contributed by atoms with E-state index in [9.17, 15) is 0 Å². The van der Waals surface area contributed by atoms with Crippen LogP contribution >= 0.6 is 0 Å². The average Bonchev–Trinajstić information content (AvgIpc) is 2.61. The number of nitrogens with one attached hydrogen (secondary N) is 2. The van der Waals surface area contributed by atoms with Crippen molar-refractivity contribution in [2.45, 2.75) is 59.5 Å². The number of rotatable bonds is 3. The molecule has 1 saturated carbocycles. The van der Waals surface area contributed by atoms with Gasteiger partial charge in [0.2, 0.25) is 0 Å². The van der Waals surface area contributed by atoms with E-state index in [0.29, 0.717) is 16.9 Å². The van der Waals surface area contributed by atoms with E-state index in [2.05, 4.69) is 43.0 Å². The Morgan fingerprint density at radius 3 is 2.47 bits per heavy atom. The summed E-state index contributed by atoms with van der Waals surface area (Å²) >= 11 is 0. The quantitative estimate of drug-likeness (QED) is 0.845. The first-order valence-electron chi connectivity index (χ1n) is 6.57. The second-order valence-corrected chi connectivity index (χ2v) is 7.07. The molecule has 2 rings (SSSR count). The largest absolute Gasteiger partial charge is 0.347 e. The van der Waals surface area contributed by atoms with E-state index in [0.717, 1.165) is 6.54 Å². The fraction of sp³-hybridized carbons (Fsp3) is 0.786. The van der Waals surface area contributed by atoms with Crippen LogP contribution in [0.4, 0.5) is 0 Å². The SMILES string of the molecule is CC1(C)CC(NCc2cnc[nH]2)CC(C)(C)C1. The summed E-state index contributed by atoms with van der Waals surface area (Å²) in [5.41, 5.74) is 2.08. The first-order valence-corrected chi connectivity index (χ1v) is 6.57. The molecular formula is C14H25N3. The molecule has 0 spiro atoms. The molecule has 2 N–H and O–H groups in total. The first kappa shape index (κ1) is 12.6. The summed E-state index contributed by atoms with van der Waals surface area (Å²) in [5.74, 6) is 0. The Kier molecular flexibility index (Phi) is 3.30. The molecule has 0 aromatic carbocycles. The second kappa shape index (κ2) is 4.45. The molecular weight excluding hydrogens is 210 g/mol. The summed E-state index contributed by atoms with van der Waals surface area (Å²) in [7, 11) is 0. The first-order chi connectivity index (χ1) is 7.86. The summed E-state index contributed by atoms with van der Waals surface area (Å²) in [6, 6.07) is 0.622. The van der Waals surface area contributed by atoms with Crippen LogP contribution in [0.1, 0.15) is 52.7 Å². The molecule has 1 aromatic rings. The van der Waals surface area contributed by atoms with Crippen LogP contribution < -0.4 is 5.32 Å². The van der Waals surface area contributed by atoms with Crippen LogP contribution in [0.3, 0.4) is 0 Å². The Morgan fingerprint density at radius 2 is 1.94 bits per heavy atom. The molecule has 1 aliphatic rings. The summed E-state index contributed by atoms with van der Waals surface area (Å²) in [6.45, 7) is 10.5. The van der Waals surface area contributed by atoms with E-state index in [-0.39, 0.29) is 0 Å². The van der Waals surface area contributed by atoms with Gasteiger partial charge < -0.3 is 10.3 Å². The number of hydrogen-bond donors (Lipinski definition) is 2. The Bertz CT molecular complexity index is 336. The zero-order valence-electron chi connectivity index (χ0n) is 11.5. The number of nitrogens with zero attached hydrogens (tertiary/aromatic N) is 1. The average molecular weight is 235 g/mol. The van der Waals surface area contributed by atoms with Gasteiger partial charge in [-0.05, 0) is 30.1 Å². The topological polar surface area (TPSA) is 40.7 Å². The molecule has 1 aliphatic carbocycles. The number of aromatic amines is 1. The van der Waals surface area contributed by atoms with E-state index in [1.165, 1.54) is 25.0 Å². The maximum absolute atomic E-state index is 4.05. The van der Waals surface area contributed by atoms with E-state index < -0.39 is 0 Å². The fourth-order valence-electron chi connectivity index (χ4n) is 3.63. The van der Waals surface area contributed by atoms with Crippen LogP contribution in [-0.4, -0.2) is 16.0 Å². The maximum Gasteiger partial charge on any atom is 0.0922 e. The molecule has 96 valence electrons. The third-order valence-corrected chi connectivity index (χ3v) is 3.69. The smallest absolute Gasteiger partial charge is 0.0922 e. The highest BCUT2D eigenvalue weighted by Gasteiger charge is 2.38. The lowest BCUT2D eigenvalue weighted by Crippen LogP contribution is -2.43. The Hall–Kier alpha value is -0.830. The summed E-state index contributed by atoms with van der Waals surface area (Å²) in [5, 5.41) is 3.66. The highest BCUT2D eigenvalue weighted by Crippen LogP contribution is 2.45. The zero-order valence-corrected chi connectivity index (χ0v) is 11.5. The van der Waals surface area contributed by atoms with Gasteiger partial charge in [-0.2, -0.15) is 0 Å². The minimum Gasteiger partial charge on any atom is -0.347 e. The van der Waals surface area contributed by atoms with Gasteiger partial charge in [-0.15, -0.1) is 0 Å². The van der Waals surface area contributed by atoms with Crippen LogP contribution in [0.25, 0.3) is 0 Å². The van der Waals surface area contributed by atoms with E-state index >= 15 is 0 Å². The van der Waals surface area contributed by atoms with Crippen LogP contribution in [-0.2, 0) is 6.54 Å². The maximum atomic E-state index is 4.05. The minimum absolute atomic E-state index is 0.452. The zero-order chi connectivity index (χ0) is 12.5. The molecule has 3 heteroatoms. The molecule has 0 bridgehead atoms. The van der Waals surface area contributed by atoms with Gasteiger partial charge in [0.1, 0.15) is 0 Å². The third kappa shape index (κ3) is 3.56. The lowest BCUT2D eigenvalue weighted by molar-refractivity contribution is 0.0843. The van der Waals surface area contributed by atoms with Crippen LogP contribution in [0.5, 0.6) is 0 Å². The monoisotopic (exact) mass is 235 g/mol. The van der Waals surface area contributed by atoms with E-state index in [4.69, 9.17) is 0 Å². The van der Waals surface area contributed by atoms with Crippen LogP contribution in [0.15, 0.2) is 12.5 Å².